The third-order valence-corrected chi connectivity index (χ3v) is 6.10. The Balaban J connectivity index is 2.01. The minimum absolute atomic E-state index is 0.0864. The van der Waals surface area contributed by atoms with Crippen molar-refractivity contribution in [1.82, 2.24) is 4.98 Å². The number of carbonyl (C=O) groups is 1. The van der Waals surface area contributed by atoms with Gasteiger partial charge in [0, 0.05) is 23.4 Å². The van der Waals surface area contributed by atoms with Gasteiger partial charge in [0.05, 0.1) is 17.6 Å². The molecule has 1 aliphatic heterocycles. The van der Waals surface area contributed by atoms with Crippen LogP contribution >= 0.6 is 11.3 Å². The van der Waals surface area contributed by atoms with Gasteiger partial charge in [0.25, 0.3) is 0 Å². The molecule has 0 unspecified atom stereocenters. The number of nitrogens with one attached hydrogen (secondary N) is 1. The number of hydrogen-bond donors (Lipinski definition) is 1. The van der Waals surface area contributed by atoms with Crippen LogP contribution in [-0.4, -0.2) is 31.6 Å². The number of thiazole rings is 1. The third kappa shape index (κ3) is 3.03. The highest BCUT2D eigenvalue weighted by Crippen LogP contribution is 2.38. The minimum Gasteiger partial charge on any atom is -0.302 e. The van der Waals surface area contributed by atoms with E-state index in [-0.39, 0.29) is 11.9 Å². The van der Waals surface area contributed by atoms with E-state index in [4.69, 9.17) is 0 Å². The number of rotatable bonds is 3. The molecule has 1 amide bonds. The third-order valence-electron chi connectivity index (χ3n) is 3.94. The van der Waals surface area contributed by atoms with Gasteiger partial charge in [0.15, 0.2) is 5.13 Å². The van der Waals surface area contributed by atoms with Gasteiger partial charge in [-0.2, -0.15) is 0 Å². The first-order valence-corrected chi connectivity index (χ1v) is 10.2. The second-order valence-electron chi connectivity index (χ2n) is 6.06. The standard InChI is InChI=1S/C16H19N3O3S2/c1-9-7-13-8-12(5-6-14(13)19(9)24(4,21)22)15-10(2)23-16(18-15)17-11(3)20/h5-6,8-9H,7H2,1-4H3,(H,17,18,20)/t9-/m1/s1. The maximum Gasteiger partial charge on any atom is 0.232 e. The predicted molar refractivity (Wildman–Crippen MR) is 97.1 cm³/mol. The van der Waals surface area contributed by atoms with Gasteiger partial charge in [-0.25, -0.2) is 13.4 Å². The van der Waals surface area contributed by atoms with E-state index in [1.54, 1.807) is 0 Å². The van der Waals surface area contributed by atoms with Gasteiger partial charge in [-0.15, -0.1) is 11.3 Å². The van der Waals surface area contributed by atoms with E-state index in [2.05, 4.69) is 10.3 Å². The molecule has 8 heteroatoms. The SMILES string of the molecule is CC(=O)Nc1nc(-c2ccc3c(c2)C[C@@H](C)N3S(C)(=O)=O)c(C)s1. The molecule has 0 bridgehead atoms. The molecular formula is C16H19N3O3S2. The van der Waals surface area contributed by atoms with Crippen molar-refractivity contribution in [3.05, 3.63) is 28.6 Å². The van der Waals surface area contributed by atoms with Crippen molar-refractivity contribution in [3.63, 3.8) is 0 Å². The van der Waals surface area contributed by atoms with Crippen molar-refractivity contribution in [2.75, 3.05) is 15.9 Å². The fraction of sp³-hybridized carbons (Fsp3) is 0.375. The molecule has 3 rings (SSSR count). The fourth-order valence-electron chi connectivity index (χ4n) is 3.12. The lowest BCUT2D eigenvalue weighted by atomic mass is 10.0. The van der Waals surface area contributed by atoms with Crippen LogP contribution in [0.4, 0.5) is 10.8 Å². The van der Waals surface area contributed by atoms with E-state index in [0.29, 0.717) is 11.6 Å². The van der Waals surface area contributed by atoms with Crippen LogP contribution in [-0.2, 0) is 21.2 Å². The molecule has 1 aliphatic rings. The molecule has 0 saturated heterocycles. The molecule has 0 aliphatic carbocycles. The quantitative estimate of drug-likeness (QED) is 0.907. The largest absolute Gasteiger partial charge is 0.302 e. The number of aryl methyl sites for hydroxylation is 1. The molecule has 1 N–H and O–H groups in total. The van der Waals surface area contributed by atoms with Crippen LogP contribution in [0.1, 0.15) is 24.3 Å². The molecular weight excluding hydrogens is 346 g/mol. The molecule has 1 aromatic carbocycles. The number of anilines is 2. The molecule has 1 atom stereocenters. The number of aromatic nitrogens is 1. The minimum atomic E-state index is -3.29. The van der Waals surface area contributed by atoms with Crippen LogP contribution in [0.15, 0.2) is 18.2 Å². The average molecular weight is 365 g/mol. The summed E-state index contributed by atoms with van der Waals surface area (Å²) in [6.45, 7) is 5.31. The highest BCUT2D eigenvalue weighted by Gasteiger charge is 2.32. The Kier molecular flexibility index (Phi) is 4.13. The van der Waals surface area contributed by atoms with E-state index in [9.17, 15) is 13.2 Å². The van der Waals surface area contributed by atoms with E-state index in [1.807, 2.05) is 32.0 Å². The fourth-order valence-corrected chi connectivity index (χ4v) is 5.27. The van der Waals surface area contributed by atoms with Crippen molar-refractivity contribution in [2.45, 2.75) is 33.2 Å². The Morgan fingerprint density at radius 1 is 1.42 bits per heavy atom. The predicted octanol–water partition coefficient (Wildman–Crippen LogP) is 2.79. The van der Waals surface area contributed by atoms with Gasteiger partial charge in [-0.3, -0.25) is 9.10 Å². The second kappa shape index (κ2) is 5.86. The lowest BCUT2D eigenvalue weighted by molar-refractivity contribution is -0.114. The van der Waals surface area contributed by atoms with Crippen LogP contribution in [0.3, 0.4) is 0 Å². The summed E-state index contributed by atoms with van der Waals surface area (Å²) in [5, 5.41) is 3.27. The maximum absolute atomic E-state index is 12.0. The molecule has 0 saturated carbocycles. The van der Waals surface area contributed by atoms with E-state index >= 15 is 0 Å². The van der Waals surface area contributed by atoms with Crippen LogP contribution in [0.25, 0.3) is 11.3 Å². The zero-order valence-corrected chi connectivity index (χ0v) is 15.6. The first kappa shape index (κ1) is 16.9. The molecule has 128 valence electrons. The van der Waals surface area contributed by atoms with Gasteiger partial charge in [-0.05, 0) is 38.0 Å². The van der Waals surface area contributed by atoms with Crippen LogP contribution in [0.2, 0.25) is 0 Å². The highest BCUT2D eigenvalue weighted by molar-refractivity contribution is 7.92. The first-order valence-electron chi connectivity index (χ1n) is 7.54. The summed E-state index contributed by atoms with van der Waals surface area (Å²) >= 11 is 1.43. The van der Waals surface area contributed by atoms with E-state index in [1.165, 1.54) is 28.8 Å². The van der Waals surface area contributed by atoms with Crippen molar-refractivity contribution >= 4 is 38.1 Å². The van der Waals surface area contributed by atoms with Crippen molar-refractivity contribution in [3.8, 4) is 11.3 Å². The van der Waals surface area contributed by atoms with Crippen molar-refractivity contribution < 1.29 is 13.2 Å². The Morgan fingerprint density at radius 3 is 2.75 bits per heavy atom. The molecule has 0 spiro atoms. The summed E-state index contributed by atoms with van der Waals surface area (Å²) in [4.78, 5) is 16.7. The molecule has 24 heavy (non-hydrogen) atoms. The van der Waals surface area contributed by atoms with Gasteiger partial charge in [-0.1, -0.05) is 6.07 Å². The zero-order valence-electron chi connectivity index (χ0n) is 14.0. The topological polar surface area (TPSA) is 79.4 Å². The molecule has 0 radical (unpaired) electrons. The van der Waals surface area contributed by atoms with Crippen LogP contribution in [0.5, 0.6) is 0 Å². The second-order valence-corrected chi connectivity index (χ2v) is 9.12. The summed E-state index contributed by atoms with van der Waals surface area (Å²) in [6.07, 6.45) is 1.91. The lowest BCUT2D eigenvalue weighted by Crippen LogP contribution is -2.34. The lowest BCUT2D eigenvalue weighted by Gasteiger charge is -2.21. The van der Waals surface area contributed by atoms with Crippen LogP contribution < -0.4 is 9.62 Å². The summed E-state index contributed by atoms with van der Waals surface area (Å²) < 4.78 is 25.5. The average Bonchev–Trinajstić information content (AvgIpc) is 2.95. The number of carbonyl (C=O) groups excluding carboxylic acids is 1. The molecule has 2 heterocycles. The monoisotopic (exact) mass is 365 g/mol. The van der Waals surface area contributed by atoms with E-state index in [0.717, 1.165) is 27.4 Å². The van der Waals surface area contributed by atoms with Crippen molar-refractivity contribution in [1.29, 1.82) is 0 Å². The summed E-state index contributed by atoms with van der Waals surface area (Å²) in [7, 11) is -3.29. The number of benzene rings is 1. The van der Waals surface area contributed by atoms with Crippen molar-refractivity contribution in [2.24, 2.45) is 0 Å². The summed E-state index contributed by atoms with van der Waals surface area (Å²) in [6, 6.07) is 5.63. The number of hydrogen-bond acceptors (Lipinski definition) is 5. The first-order chi connectivity index (χ1) is 11.2. The Labute approximate surface area is 145 Å². The summed E-state index contributed by atoms with van der Waals surface area (Å²) in [5.41, 5.74) is 3.49. The van der Waals surface area contributed by atoms with Crippen LogP contribution in [0, 0.1) is 6.92 Å². The molecule has 6 nitrogen and oxygen atoms in total. The number of amides is 1. The highest BCUT2D eigenvalue weighted by atomic mass is 32.2. The normalized spacial score (nSPS) is 17.0. The van der Waals surface area contributed by atoms with E-state index < -0.39 is 10.0 Å². The Morgan fingerprint density at radius 2 is 2.12 bits per heavy atom. The zero-order chi connectivity index (χ0) is 17.6. The molecule has 2 aromatic rings. The summed E-state index contributed by atoms with van der Waals surface area (Å²) in [5.74, 6) is -0.151. The van der Waals surface area contributed by atoms with Gasteiger partial charge in [0.2, 0.25) is 15.9 Å². The Hall–Kier alpha value is -1.93. The van der Waals surface area contributed by atoms with Gasteiger partial charge in [0.1, 0.15) is 0 Å². The number of sulfonamides is 1. The number of fused-ring (bicyclic) bond motifs is 1. The van der Waals surface area contributed by atoms with Gasteiger partial charge < -0.3 is 5.32 Å². The molecule has 1 aromatic heterocycles. The number of nitrogens with zero attached hydrogens (tertiary/aromatic N) is 2. The smallest absolute Gasteiger partial charge is 0.232 e. The van der Waals surface area contributed by atoms with Gasteiger partial charge >= 0.3 is 0 Å². The maximum atomic E-state index is 12.0. The molecule has 0 fully saturated rings. The Bertz CT molecular complexity index is 919.